The van der Waals surface area contributed by atoms with Gasteiger partial charge in [-0.25, -0.2) is 14.4 Å². The molecule has 1 heterocycles. The molecule has 3 aromatic rings. The molecule has 2 N–H and O–H groups in total. The lowest BCUT2D eigenvalue weighted by atomic mass is 10.2. The SMILES string of the molecule is CCOc1ccc(Nc2cc(NCc3ccccc3F)ncn2)cc1. The third-order valence-corrected chi connectivity index (χ3v) is 3.52. The molecular formula is C19H19FN4O. The van der Waals surface area contributed by atoms with Crippen molar-refractivity contribution in [2.45, 2.75) is 13.5 Å². The van der Waals surface area contributed by atoms with Gasteiger partial charge >= 0.3 is 0 Å². The van der Waals surface area contributed by atoms with Crippen molar-refractivity contribution in [3.63, 3.8) is 0 Å². The molecule has 6 heteroatoms. The van der Waals surface area contributed by atoms with Gasteiger partial charge in [-0.15, -0.1) is 0 Å². The number of halogens is 1. The highest BCUT2D eigenvalue weighted by molar-refractivity contribution is 5.59. The predicted octanol–water partition coefficient (Wildman–Crippen LogP) is 4.37. The molecule has 128 valence electrons. The van der Waals surface area contributed by atoms with Gasteiger partial charge < -0.3 is 15.4 Å². The fraction of sp³-hybridized carbons (Fsp3) is 0.158. The van der Waals surface area contributed by atoms with Crippen molar-refractivity contribution in [3.8, 4) is 5.75 Å². The molecule has 0 radical (unpaired) electrons. The Morgan fingerprint density at radius 1 is 1.00 bits per heavy atom. The third kappa shape index (κ3) is 4.67. The number of nitrogens with zero attached hydrogens (tertiary/aromatic N) is 2. The van der Waals surface area contributed by atoms with E-state index in [2.05, 4.69) is 20.6 Å². The molecule has 0 amide bonds. The molecule has 0 unspecified atom stereocenters. The standard InChI is InChI=1S/C19H19FN4O/c1-2-25-16-9-7-15(8-10-16)24-19-11-18(22-13-23-19)21-12-14-5-3-4-6-17(14)20/h3-11,13H,2,12H2,1H3,(H2,21,22,23,24). The van der Waals surface area contributed by atoms with Crippen LogP contribution in [0.3, 0.4) is 0 Å². The van der Waals surface area contributed by atoms with Gasteiger partial charge in [0.25, 0.3) is 0 Å². The van der Waals surface area contributed by atoms with Crippen molar-refractivity contribution in [1.82, 2.24) is 9.97 Å². The van der Waals surface area contributed by atoms with Gasteiger partial charge in [0.05, 0.1) is 6.61 Å². The van der Waals surface area contributed by atoms with E-state index in [0.29, 0.717) is 30.4 Å². The molecule has 0 saturated heterocycles. The van der Waals surface area contributed by atoms with Crippen LogP contribution in [0.15, 0.2) is 60.9 Å². The van der Waals surface area contributed by atoms with E-state index in [-0.39, 0.29) is 5.82 Å². The molecule has 0 aliphatic heterocycles. The first-order chi connectivity index (χ1) is 12.2. The molecule has 1 aromatic heterocycles. The quantitative estimate of drug-likeness (QED) is 0.670. The van der Waals surface area contributed by atoms with Gasteiger partial charge in [0.1, 0.15) is 29.5 Å². The maximum Gasteiger partial charge on any atom is 0.135 e. The van der Waals surface area contributed by atoms with E-state index >= 15 is 0 Å². The fourth-order valence-corrected chi connectivity index (χ4v) is 2.30. The molecule has 0 fully saturated rings. The molecular weight excluding hydrogens is 319 g/mol. The fourth-order valence-electron chi connectivity index (χ4n) is 2.30. The lowest BCUT2D eigenvalue weighted by Crippen LogP contribution is -2.04. The first kappa shape index (κ1) is 16.7. The van der Waals surface area contributed by atoms with Crippen LogP contribution >= 0.6 is 0 Å². The van der Waals surface area contributed by atoms with Crippen LogP contribution in [0.2, 0.25) is 0 Å². The Bertz CT molecular complexity index is 824. The van der Waals surface area contributed by atoms with Crippen LogP contribution in [0.4, 0.5) is 21.7 Å². The topological polar surface area (TPSA) is 59.1 Å². The lowest BCUT2D eigenvalue weighted by Gasteiger charge is -2.10. The molecule has 3 rings (SSSR count). The van der Waals surface area contributed by atoms with Crippen LogP contribution in [0.1, 0.15) is 12.5 Å². The number of hydrogen-bond acceptors (Lipinski definition) is 5. The van der Waals surface area contributed by atoms with Gasteiger partial charge in [-0.05, 0) is 37.3 Å². The number of aromatic nitrogens is 2. The predicted molar refractivity (Wildman–Crippen MR) is 96.7 cm³/mol. The monoisotopic (exact) mass is 338 g/mol. The summed E-state index contributed by atoms with van der Waals surface area (Å²) in [6, 6.07) is 16.0. The highest BCUT2D eigenvalue weighted by Crippen LogP contribution is 2.20. The van der Waals surface area contributed by atoms with Crippen LogP contribution in [-0.4, -0.2) is 16.6 Å². The zero-order valence-corrected chi connectivity index (χ0v) is 13.9. The number of ether oxygens (including phenoxy) is 1. The molecule has 0 saturated carbocycles. The highest BCUT2D eigenvalue weighted by Gasteiger charge is 2.03. The summed E-state index contributed by atoms with van der Waals surface area (Å²) >= 11 is 0. The van der Waals surface area contributed by atoms with E-state index in [1.807, 2.05) is 31.2 Å². The van der Waals surface area contributed by atoms with Crippen molar-refractivity contribution < 1.29 is 9.13 Å². The number of hydrogen-bond donors (Lipinski definition) is 2. The Hall–Kier alpha value is -3.15. The van der Waals surface area contributed by atoms with Crippen molar-refractivity contribution in [3.05, 3.63) is 72.3 Å². The molecule has 2 aromatic carbocycles. The van der Waals surface area contributed by atoms with Gasteiger partial charge in [0.15, 0.2) is 0 Å². The summed E-state index contributed by atoms with van der Waals surface area (Å²) in [6.45, 7) is 2.94. The second-order valence-corrected chi connectivity index (χ2v) is 5.32. The number of anilines is 3. The molecule has 0 aliphatic rings. The van der Waals surface area contributed by atoms with Crippen molar-refractivity contribution in [2.75, 3.05) is 17.2 Å². The van der Waals surface area contributed by atoms with Crippen LogP contribution < -0.4 is 15.4 Å². The Morgan fingerprint density at radius 2 is 1.76 bits per heavy atom. The smallest absolute Gasteiger partial charge is 0.135 e. The van der Waals surface area contributed by atoms with Gasteiger partial charge in [0.2, 0.25) is 0 Å². The Morgan fingerprint density at radius 3 is 2.52 bits per heavy atom. The van der Waals surface area contributed by atoms with Crippen LogP contribution in [-0.2, 0) is 6.54 Å². The second kappa shape index (κ2) is 8.10. The molecule has 0 bridgehead atoms. The summed E-state index contributed by atoms with van der Waals surface area (Å²) in [5.41, 5.74) is 1.48. The van der Waals surface area contributed by atoms with Crippen molar-refractivity contribution in [2.24, 2.45) is 0 Å². The summed E-state index contributed by atoms with van der Waals surface area (Å²) in [4.78, 5) is 8.36. The average Bonchev–Trinajstić information content (AvgIpc) is 2.63. The lowest BCUT2D eigenvalue weighted by molar-refractivity contribution is 0.340. The maximum absolute atomic E-state index is 13.7. The van der Waals surface area contributed by atoms with Gasteiger partial charge in [-0.3, -0.25) is 0 Å². The zero-order valence-electron chi connectivity index (χ0n) is 13.9. The summed E-state index contributed by atoms with van der Waals surface area (Å²) in [7, 11) is 0. The molecule has 0 atom stereocenters. The normalized spacial score (nSPS) is 10.3. The van der Waals surface area contributed by atoms with Crippen LogP contribution in [0.5, 0.6) is 5.75 Å². The number of rotatable bonds is 7. The van der Waals surface area contributed by atoms with E-state index in [9.17, 15) is 4.39 Å². The minimum atomic E-state index is -0.239. The largest absolute Gasteiger partial charge is 0.494 e. The third-order valence-electron chi connectivity index (χ3n) is 3.52. The minimum Gasteiger partial charge on any atom is -0.494 e. The summed E-state index contributed by atoms with van der Waals surface area (Å²) in [5.74, 6) is 1.85. The van der Waals surface area contributed by atoms with E-state index in [4.69, 9.17) is 4.74 Å². The summed E-state index contributed by atoms with van der Waals surface area (Å²) in [5, 5.41) is 6.31. The highest BCUT2D eigenvalue weighted by atomic mass is 19.1. The van der Waals surface area contributed by atoms with Gasteiger partial charge in [-0.2, -0.15) is 0 Å². The van der Waals surface area contributed by atoms with Gasteiger partial charge in [-0.1, -0.05) is 18.2 Å². The summed E-state index contributed by atoms with van der Waals surface area (Å²) < 4.78 is 19.1. The maximum atomic E-state index is 13.7. The Kier molecular flexibility index (Phi) is 5.41. The van der Waals surface area contributed by atoms with Crippen LogP contribution in [0, 0.1) is 5.82 Å². The van der Waals surface area contributed by atoms with Crippen molar-refractivity contribution in [1.29, 1.82) is 0 Å². The zero-order chi connectivity index (χ0) is 17.5. The van der Waals surface area contributed by atoms with Crippen molar-refractivity contribution >= 4 is 17.3 Å². The van der Waals surface area contributed by atoms with E-state index in [0.717, 1.165) is 11.4 Å². The van der Waals surface area contributed by atoms with Gasteiger partial charge in [0, 0.05) is 23.9 Å². The number of benzene rings is 2. The first-order valence-electron chi connectivity index (χ1n) is 8.04. The van der Waals surface area contributed by atoms with E-state index in [1.54, 1.807) is 24.3 Å². The first-order valence-corrected chi connectivity index (χ1v) is 8.04. The average molecular weight is 338 g/mol. The minimum absolute atomic E-state index is 0.239. The van der Waals surface area contributed by atoms with E-state index in [1.165, 1.54) is 12.4 Å². The number of nitrogens with one attached hydrogen (secondary N) is 2. The molecule has 0 spiro atoms. The molecule has 25 heavy (non-hydrogen) atoms. The molecule has 5 nitrogen and oxygen atoms in total. The molecule has 0 aliphatic carbocycles. The summed E-state index contributed by atoms with van der Waals surface area (Å²) in [6.07, 6.45) is 1.46. The Balaban J connectivity index is 1.64. The Labute approximate surface area is 145 Å². The van der Waals surface area contributed by atoms with Crippen LogP contribution in [0.25, 0.3) is 0 Å². The van der Waals surface area contributed by atoms with E-state index < -0.39 is 0 Å². The second-order valence-electron chi connectivity index (χ2n) is 5.32.